The lowest BCUT2D eigenvalue weighted by Gasteiger charge is -2.34. The lowest BCUT2D eigenvalue weighted by molar-refractivity contribution is -0.251. The van der Waals surface area contributed by atoms with Crippen molar-refractivity contribution in [1.29, 1.82) is 0 Å². The molecule has 0 amide bonds. The summed E-state index contributed by atoms with van der Waals surface area (Å²) in [4.78, 5) is 23.2. The Hall–Kier alpha value is -2.13. The van der Waals surface area contributed by atoms with Crippen LogP contribution in [-0.4, -0.2) is 5.97 Å². The van der Waals surface area contributed by atoms with Crippen LogP contribution in [0.5, 0.6) is 0 Å². The molecule has 26 heavy (non-hydrogen) atoms. The Morgan fingerprint density at radius 2 is 1.73 bits per heavy atom. The molecule has 0 spiro atoms. The molecule has 3 nitrogen and oxygen atoms in total. The van der Waals surface area contributed by atoms with Crippen molar-refractivity contribution in [2.24, 2.45) is 17.8 Å². The van der Waals surface area contributed by atoms with E-state index in [9.17, 15) is 4.79 Å². The van der Waals surface area contributed by atoms with E-state index in [1.165, 1.54) is 6.42 Å². The van der Waals surface area contributed by atoms with Gasteiger partial charge in [-0.05, 0) is 53.9 Å². The smallest absolute Gasteiger partial charge is 0.292 e. The first-order chi connectivity index (χ1) is 12.5. The molecule has 1 aliphatic carbocycles. The van der Waals surface area contributed by atoms with Gasteiger partial charge >= 0.3 is 5.97 Å². The fourth-order valence-corrected chi connectivity index (χ4v) is 3.62. The number of carbonyl (C=O) groups is 1. The van der Waals surface area contributed by atoms with Crippen LogP contribution < -0.4 is 0 Å². The van der Waals surface area contributed by atoms with Crippen LogP contribution >= 0.6 is 0 Å². The van der Waals surface area contributed by atoms with Crippen LogP contribution in [0.2, 0.25) is 0 Å². The molecule has 3 heteroatoms. The summed E-state index contributed by atoms with van der Waals surface area (Å²) < 4.78 is 0. The van der Waals surface area contributed by atoms with Gasteiger partial charge in [0.15, 0.2) is 6.10 Å². The van der Waals surface area contributed by atoms with E-state index in [4.69, 9.17) is 9.78 Å². The van der Waals surface area contributed by atoms with Crippen molar-refractivity contribution in [2.75, 3.05) is 0 Å². The van der Waals surface area contributed by atoms with Gasteiger partial charge in [-0.1, -0.05) is 69.7 Å². The molecule has 1 saturated carbocycles. The van der Waals surface area contributed by atoms with Crippen LogP contribution in [0, 0.1) is 23.9 Å². The Morgan fingerprint density at radius 1 is 1.00 bits per heavy atom. The maximum atomic E-state index is 12.5. The Kier molecular flexibility index (Phi) is 6.10. The molecule has 137 valence electrons. The predicted octanol–water partition coefficient (Wildman–Crippen LogP) is 6.07. The molecule has 0 N–H and O–H groups in total. The standard InChI is InChI=1S/C23H27O3/c1-16(2)21-13-12-17(3)14-22(21)25-26-23(24)20-11-7-10-19(15-20)18-8-5-4-6-9-18/h4-11,15-17,21H,12-14H2,1-3H3. The second-order valence-corrected chi connectivity index (χ2v) is 7.60. The topological polar surface area (TPSA) is 35.5 Å². The van der Waals surface area contributed by atoms with Gasteiger partial charge in [0.25, 0.3) is 0 Å². The van der Waals surface area contributed by atoms with Crippen LogP contribution in [-0.2, 0) is 9.78 Å². The SMILES string of the molecule is CC1CCC(C(C)C)[C](OOC(=O)c2cccc(-c3ccccc3)c2)C1. The van der Waals surface area contributed by atoms with Crippen LogP contribution in [0.4, 0.5) is 0 Å². The average Bonchev–Trinajstić information content (AvgIpc) is 2.66. The van der Waals surface area contributed by atoms with Crippen molar-refractivity contribution in [2.45, 2.75) is 40.0 Å². The number of benzene rings is 2. The molecular weight excluding hydrogens is 324 g/mol. The van der Waals surface area contributed by atoms with Crippen molar-refractivity contribution in [3.05, 3.63) is 66.3 Å². The fourth-order valence-electron chi connectivity index (χ4n) is 3.62. The molecule has 0 aromatic heterocycles. The van der Waals surface area contributed by atoms with Gasteiger partial charge in [0, 0.05) is 0 Å². The molecule has 0 heterocycles. The number of hydrogen-bond donors (Lipinski definition) is 0. The summed E-state index contributed by atoms with van der Waals surface area (Å²) in [6.45, 7) is 6.59. The predicted molar refractivity (Wildman–Crippen MR) is 103 cm³/mol. The number of hydrogen-bond acceptors (Lipinski definition) is 3. The van der Waals surface area contributed by atoms with E-state index in [0.29, 0.717) is 23.3 Å². The first-order valence-corrected chi connectivity index (χ1v) is 9.44. The molecule has 1 aliphatic rings. The monoisotopic (exact) mass is 351 g/mol. The minimum Gasteiger partial charge on any atom is -0.292 e. The second kappa shape index (κ2) is 8.50. The Morgan fingerprint density at radius 3 is 2.46 bits per heavy atom. The van der Waals surface area contributed by atoms with Crippen LogP contribution in [0.15, 0.2) is 54.6 Å². The van der Waals surface area contributed by atoms with E-state index >= 15 is 0 Å². The Labute approximate surface area is 156 Å². The quantitative estimate of drug-likeness (QED) is 0.485. The zero-order valence-electron chi connectivity index (χ0n) is 15.8. The van der Waals surface area contributed by atoms with Gasteiger partial charge in [-0.25, -0.2) is 4.79 Å². The number of rotatable bonds is 5. The van der Waals surface area contributed by atoms with E-state index in [-0.39, 0.29) is 0 Å². The van der Waals surface area contributed by atoms with Gasteiger partial charge in [0.05, 0.1) is 5.56 Å². The summed E-state index contributed by atoms with van der Waals surface area (Å²) in [5, 5.41) is 0. The molecular formula is C23H27O3. The van der Waals surface area contributed by atoms with E-state index in [1.54, 1.807) is 6.07 Å². The van der Waals surface area contributed by atoms with Crippen molar-refractivity contribution in [1.82, 2.24) is 0 Å². The van der Waals surface area contributed by atoms with Gasteiger partial charge in [0.2, 0.25) is 0 Å². The zero-order chi connectivity index (χ0) is 18.5. The molecule has 2 aromatic carbocycles. The van der Waals surface area contributed by atoms with Crippen molar-refractivity contribution in [3.63, 3.8) is 0 Å². The summed E-state index contributed by atoms with van der Waals surface area (Å²) >= 11 is 0. The lowest BCUT2D eigenvalue weighted by Crippen LogP contribution is -2.28. The first kappa shape index (κ1) is 18.7. The first-order valence-electron chi connectivity index (χ1n) is 9.44. The van der Waals surface area contributed by atoms with Crippen LogP contribution in [0.25, 0.3) is 11.1 Å². The Balaban J connectivity index is 1.66. The third kappa shape index (κ3) is 4.53. The summed E-state index contributed by atoms with van der Waals surface area (Å²) in [6.07, 6.45) is 4.06. The van der Waals surface area contributed by atoms with Crippen molar-refractivity contribution >= 4 is 5.97 Å². The summed E-state index contributed by atoms with van der Waals surface area (Å²) in [6, 6.07) is 17.4. The van der Waals surface area contributed by atoms with Gasteiger partial charge in [-0.15, -0.1) is 0 Å². The van der Waals surface area contributed by atoms with Gasteiger partial charge < -0.3 is 0 Å². The lowest BCUT2D eigenvalue weighted by atomic mass is 9.75. The molecule has 2 atom stereocenters. The minimum atomic E-state index is -0.448. The highest BCUT2D eigenvalue weighted by Gasteiger charge is 2.34. The minimum absolute atomic E-state index is 0.356. The maximum Gasteiger partial charge on any atom is 0.373 e. The zero-order valence-corrected chi connectivity index (χ0v) is 15.8. The molecule has 0 aliphatic heterocycles. The highest BCUT2D eigenvalue weighted by molar-refractivity contribution is 5.90. The summed E-state index contributed by atoms with van der Waals surface area (Å²) in [7, 11) is 0. The molecule has 2 aromatic rings. The maximum absolute atomic E-state index is 12.5. The molecule has 0 bridgehead atoms. The van der Waals surface area contributed by atoms with E-state index in [0.717, 1.165) is 30.1 Å². The summed E-state index contributed by atoms with van der Waals surface area (Å²) in [5.41, 5.74) is 2.55. The van der Waals surface area contributed by atoms with Gasteiger partial charge in [-0.2, -0.15) is 4.89 Å². The Bertz CT molecular complexity index is 723. The van der Waals surface area contributed by atoms with Crippen LogP contribution in [0.1, 0.15) is 50.4 Å². The van der Waals surface area contributed by atoms with E-state index < -0.39 is 5.97 Å². The highest BCUT2D eigenvalue weighted by Crippen LogP contribution is 2.40. The molecule has 0 saturated heterocycles. The van der Waals surface area contributed by atoms with Gasteiger partial charge in [0.1, 0.15) is 0 Å². The molecule has 2 unspecified atom stereocenters. The third-order valence-electron chi connectivity index (χ3n) is 5.17. The van der Waals surface area contributed by atoms with Crippen LogP contribution in [0.3, 0.4) is 0 Å². The molecule has 1 radical (unpaired) electrons. The molecule has 3 rings (SSSR count). The van der Waals surface area contributed by atoms with Crippen molar-refractivity contribution < 1.29 is 14.6 Å². The largest absolute Gasteiger partial charge is 0.373 e. The van der Waals surface area contributed by atoms with Crippen molar-refractivity contribution in [3.8, 4) is 11.1 Å². The summed E-state index contributed by atoms with van der Waals surface area (Å²) in [5.74, 6) is 0.961. The van der Waals surface area contributed by atoms with Gasteiger partial charge in [-0.3, -0.25) is 4.89 Å². The normalized spacial score (nSPS) is 20.9. The third-order valence-corrected chi connectivity index (χ3v) is 5.17. The average molecular weight is 351 g/mol. The highest BCUT2D eigenvalue weighted by atomic mass is 17.2. The molecule has 1 fully saturated rings. The fraction of sp³-hybridized carbons (Fsp3) is 0.391. The second-order valence-electron chi connectivity index (χ2n) is 7.60. The van der Waals surface area contributed by atoms with E-state index in [1.807, 2.05) is 48.5 Å². The number of carbonyl (C=O) groups excluding carboxylic acids is 1. The van der Waals surface area contributed by atoms with E-state index in [2.05, 4.69) is 20.8 Å².